The number of piperazine rings is 1. The minimum atomic E-state index is 0.0457. The van der Waals surface area contributed by atoms with Gasteiger partial charge in [0.2, 0.25) is 0 Å². The zero-order valence-electron chi connectivity index (χ0n) is 15.6. The topological polar surface area (TPSA) is 48.5 Å². The molecule has 1 aromatic carbocycles. The summed E-state index contributed by atoms with van der Waals surface area (Å²) in [5, 5.41) is 3.92. The van der Waals surface area contributed by atoms with Crippen LogP contribution in [0.15, 0.2) is 30.5 Å². The van der Waals surface area contributed by atoms with Crippen molar-refractivity contribution < 1.29 is 4.79 Å². The number of carbonyl (C=O) groups is 1. The molecular weight excluding hydrogens is 348 g/mol. The van der Waals surface area contributed by atoms with E-state index in [1.54, 1.807) is 6.20 Å². The van der Waals surface area contributed by atoms with E-state index in [-0.39, 0.29) is 5.91 Å². The molecule has 1 aliphatic rings. The van der Waals surface area contributed by atoms with Crippen LogP contribution in [0.2, 0.25) is 5.02 Å². The highest BCUT2D eigenvalue weighted by molar-refractivity contribution is 6.33. The highest BCUT2D eigenvalue weighted by Crippen LogP contribution is 2.29. The molecule has 1 N–H and O–H groups in total. The van der Waals surface area contributed by atoms with Crippen LogP contribution >= 0.6 is 11.6 Å². The van der Waals surface area contributed by atoms with E-state index in [0.29, 0.717) is 16.4 Å². The molecule has 138 valence electrons. The van der Waals surface area contributed by atoms with Gasteiger partial charge in [-0.1, -0.05) is 24.6 Å². The molecule has 1 aromatic heterocycles. The third kappa shape index (κ3) is 4.17. The van der Waals surface area contributed by atoms with E-state index >= 15 is 0 Å². The first-order chi connectivity index (χ1) is 12.5. The van der Waals surface area contributed by atoms with Gasteiger partial charge in [-0.3, -0.25) is 4.79 Å². The van der Waals surface area contributed by atoms with Crippen molar-refractivity contribution in [2.75, 3.05) is 38.0 Å². The number of carbonyl (C=O) groups excluding carboxylic acids is 1. The fourth-order valence-corrected chi connectivity index (χ4v) is 3.61. The number of aromatic nitrogens is 1. The summed E-state index contributed by atoms with van der Waals surface area (Å²) >= 11 is 6.34. The lowest BCUT2D eigenvalue weighted by atomic mass is 10.1. The molecule has 0 unspecified atom stereocenters. The maximum Gasteiger partial charge on any atom is 0.255 e. The molecule has 2 aromatic rings. The van der Waals surface area contributed by atoms with Gasteiger partial charge in [-0.2, -0.15) is 0 Å². The lowest BCUT2D eigenvalue weighted by molar-refractivity contribution is 0.0643. The van der Waals surface area contributed by atoms with Gasteiger partial charge in [0, 0.05) is 32.4 Å². The van der Waals surface area contributed by atoms with Crippen LogP contribution in [0.25, 0.3) is 0 Å². The molecule has 1 fully saturated rings. The first-order valence-corrected chi connectivity index (χ1v) is 9.37. The average molecular weight is 373 g/mol. The number of hydrogen-bond acceptors (Lipinski definition) is 4. The summed E-state index contributed by atoms with van der Waals surface area (Å²) in [4.78, 5) is 21.3. The van der Waals surface area contributed by atoms with Crippen LogP contribution in [-0.4, -0.2) is 53.4 Å². The Hall–Kier alpha value is -2.11. The number of pyridine rings is 1. The average Bonchev–Trinajstić information content (AvgIpc) is 2.64. The largest absolute Gasteiger partial charge is 0.339 e. The Morgan fingerprint density at radius 2 is 1.92 bits per heavy atom. The smallest absolute Gasteiger partial charge is 0.255 e. The Kier molecular flexibility index (Phi) is 5.79. The number of halogens is 1. The van der Waals surface area contributed by atoms with Crippen molar-refractivity contribution in [3.8, 4) is 0 Å². The number of aryl methyl sites for hydroxylation is 2. The van der Waals surface area contributed by atoms with Gasteiger partial charge in [-0.15, -0.1) is 0 Å². The molecule has 5 nitrogen and oxygen atoms in total. The van der Waals surface area contributed by atoms with E-state index in [4.69, 9.17) is 11.6 Å². The maximum absolute atomic E-state index is 12.6. The molecule has 1 saturated heterocycles. The van der Waals surface area contributed by atoms with Gasteiger partial charge < -0.3 is 15.1 Å². The molecule has 2 heterocycles. The number of amides is 1. The summed E-state index contributed by atoms with van der Waals surface area (Å²) in [6.45, 7) is 10.6. The van der Waals surface area contributed by atoms with Crippen molar-refractivity contribution in [1.29, 1.82) is 0 Å². The van der Waals surface area contributed by atoms with Crippen molar-refractivity contribution >= 4 is 29.0 Å². The van der Waals surface area contributed by atoms with Crippen molar-refractivity contribution in [2.45, 2.75) is 20.8 Å². The van der Waals surface area contributed by atoms with Crippen LogP contribution in [0.4, 0.5) is 11.5 Å². The van der Waals surface area contributed by atoms with E-state index in [0.717, 1.165) is 49.5 Å². The standard InChI is InChI=1S/C20H25ClN4O/c1-4-24-7-9-25(10-8-24)20(26)16-5-6-18(22-13-16)23-19-15(3)11-14(2)12-17(19)21/h5-6,11-13H,4,7-10H2,1-3H3,(H,22,23). The summed E-state index contributed by atoms with van der Waals surface area (Å²) in [5.41, 5.74) is 3.65. The molecule has 0 spiro atoms. The predicted molar refractivity (Wildman–Crippen MR) is 106 cm³/mol. The fourth-order valence-electron chi connectivity index (χ4n) is 3.25. The van der Waals surface area contributed by atoms with E-state index in [2.05, 4.69) is 28.2 Å². The van der Waals surface area contributed by atoms with Gasteiger partial charge in [0.1, 0.15) is 5.82 Å². The van der Waals surface area contributed by atoms with Crippen LogP contribution in [-0.2, 0) is 0 Å². The number of rotatable bonds is 4. The van der Waals surface area contributed by atoms with Crippen molar-refractivity contribution in [3.63, 3.8) is 0 Å². The molecule has 1 aliphatic heterocycles. The number of nitrogens with zero attached hydrogens (tertiary/aromatic N) is 3. The molecule has 26 heavy (non-hydrogen) atoms. The quantitative estimate of drug-likeness (QED) is 0.884. The third-order valence-corrected chi connectivity index (χ3v) is 5.10. The molecule has 0 atom stereocenters. The summed E-state index contributed by atoms with van der Waals surface area (Å²) < 4.78 is 0. The molecular formula is C20H25ClN4O. The summed E-state index contributed by atoms with van der Waals surface area (Å²) in [6, 6.07) is 7.64. The Morgan fingerprint density at radius 3 is 2.50 bits per heavy atom. The number of benzene rings is 1. The third-order valence-electron chi connectivity index (χ3n) is 4.80. The maximum atomic E-state index is 12.6. The second-order valence-electron chi connectivity index (χ2n) is 6.72. The fraction of sp³-hybridized carbons (Fsp3) is 0.400. The van der Waals surface area contributed by atoms with Gasteiger partial charge in [0.15, 0.2) is 0 Å². The normalized spacial score (nSPS) is 15.2. The molecule has 6 heteroatoms. The Labute approximate surface area is 160 Å². The summed E-state index contributed by atoms with van der Waals surface area (Å²) in [5.74, 6) is 0.718. The number of anilines is 2. The number of hydrogen-bond donors (Lipinski definition) is 1. The summed E-state index contributed by atoms with van der Waals surface area (Å²) in [6.07, 6.45) is 1.63. The first-order valence-electron chi connectivity index (χ1n) is 8.99. The Bertz CT molecular complexity index is 760. The molecule has 0 aliphatic carbocycles. The van der Waals surface area contributed by atoms with Gasteiger partial charge in [-0.25, -0.2) is 4.98 Å². The van der Waals surface area contributed by atoms with Crippen molar-refractivity contribution in [3.05, 3.63) is 52.2 Å². The SMILES string of the molecule is CCN1CCN(C(=O)c2ccc(Nc3c(C)cc(C)cc3Cl)nc2)CC1. The van der Waals surface area contributed by atoms with E-state index < -0.39 is 0 Å². The predicted octanol–water partition coefficient (Wildman–Crippen LogP) is 3.87. The Balaban J connectivity index is 1.68. The van der Waals surface area contributed by atoms with Gasteiger partial charge in [0.25, 0.3) is 5.91 Å². The minimum absolute atomic E-state index is 0.0457. The molecule has 0 radical (unpaired) electrons. The van der Waals surface area contributed by atoms with E-state index in [1.807, 2.05) is 36.9 Å². The van der Waals surface area contributed by atoms with Crippen LogP contribution in [0, 0.1) is 13.8 Å². The van der Waals surface area contributed by atoms with Gasteiger partial charge in [0.05, 0.1) is 16.3 Å². The second-order valence-corrected chi connectivity index (χ2v) is 7.13. The molecule has 0 saturated carbocycles. The monoisotopic (exact) mass is 372 g/mol. The van der Waals surface area contributed by atoms with E-state index in [9.17, 15) is 4.79 Å². The first kappa shape index (κ1) is 18.7. The summed E-state index contributed by atoms with van der Waals surface area (Å²) in [7, 11) is 0. The van der Waals surface area contributed by atoms with E-state index in [1.165, 1.54) is 0 Å². The van der Waals surface area contributed by atoms with Crippen molar-refractivity contribution in [1.82, 2.24) is 14.8 Å². The van der Waals surface area contributed by atoms with Crippen LogP contribution in [0.1, 0.15) is 28.4 Å². The zero-order valence-corrected chi connectivity index (χ0v) is 16.3. The highest BCUT2D eigenvalue weighted by Gasteiger charge is 2.21. The lowest BCUT2D eigenvalue weighted by Crippen LogP contribution is -2.48. The van der Waals surface area contributed by atoms with Gasteiger partial charge in [-0.05, 0) is 49.7 Å². The number of likely N-dealkylation sites (N-methyl/N-ethyl adjacent to an activating group) is 1. The Morgan fingerprint density at radius 1 is 1.19 bits per heavy atom. The molecule has 0 bridgehead atoms. The molecule has 1 amide bonds. The van der Waals surface area contributed by atoms with Crippen LogP contribution in [0.5, 0.6) is 0 Å². The van der Waals surface area contributed by atoms with Crippen molar-refractivity contribution in [2.24, 2.45) is 0 Å². The zero-order chi connectivity index (χ0) is 18.7. The van der Waals surface area contributed by atoms with Gasteiger partial charge >= 0.3 is 0 Å². The second kappa shape index (κ2) is 8.06. The minimum Gasteiger partial charge on any atom is -0.339 e. The lowest BCUT2D eigenvalue weighted by Gasteiger charge is -2.34. The van der Waals surface area contributed by atoms with Crippen LogP contribution in [0.3, 0.4) is 0 Å². The number of nitrogens with one attached hydrogen (secondary N) is 1. The highest BCUT2D eigenvalue weighted by atomic mass is 35.5. The molecule has 3 rings (SSSR count). The van der Waals surface area contributed by atoms with Crippen LogP contribution < -0.4 is 5.32 Å².